The van der Waals surface area contributed by atoms with Gasteiger partial charge in [0.1, 0.15) is 6.04 Å². The van der Waals surface area contributed by atoms with Crippen LogP contribution in [-0.4, -0.2) is 29.1 Å². The highest BCUT2D eigenvalue weighted by molar-refractivity contribution is 5.97. The quantitative estimate of drug-likeness (QED) is 0.369. The average Bonchev–Trinajstić information content (AvgIpc) is 2.69. The van der Waals surface area contributed by atoms with Gasteiger partial charge in [-0.25, -0.2) is 5.48 Å². The van der Waals surface area contributed by atoms with Gasteiger partial charge in [-0.15, -0.1) is 0 Å². The summed E-state index contributed by atoms with van der Waals surface area (Å²) in [4.78, 5) is 23.8. The number of nitrogens with one attached hydrogen (secondary N) is 2. The Balaban J connectivity index is 2.00. The Morgan fingerprint density at radius 2 is 1.78 bits per heavy atom. The van der Waals surface area contributed by atoms with Crippen LogP contribution in [0.2, 0.25) is 0 Å². The number of carbonyl (C=O) groups excluding carboxylic acids is 2. The van der Waals surface area contributed by atoms with Crippen LogP contribution in [0.25, 0.3) is 6.08 Å². The number of rotatable bonds is 5. The minimum absolute atomic E-state index is 0.358. The molecule has 2 aromatic carbocycles. The molecule has 6 heteroatoms. The molecule has 0 aliphatic heterocycles. The SMILES string of the molecule is C[C@@H](N)[C@H](NC(=O)c1ccc(C#C/C=C/c2ccccc2)cc1)C(=O)NO. The second-order valence-electron chi connectivity index (χ2n) is 5.88. The van der Waals surface area contributed by atoms with Crippen LogP contribution < -0.4 is 16.5 Å². The van der Waals surface area contributed by atoms with Crippen LogP contribution in [0.15, 0.2) is 60.7 Å². The van der Waals surface area contributed by atoms with Crippen molar-refractivity contribution in [2.45, 2.75) is 19.0 Å². The zero-order valence-electron chi connectivity index (χ0n) is 14.8. The van der Waals surface area contributed by atoms with Crippen LogP contribution in [0.3, 0.4) is 0 Å². The number of nitrogens with two attached hydrogens (primary N) is 1. The summed E-state index contributed by atoms with van der Waals surface area (Å²) >= 11 is 0. The fourth-order valence-corrected chi connectivity index (χ4v) is 2.26. The molecule has 27 heavy (non-hydrogen) atoms. The van der Waals surface area contributed by atoms with Crippen LogP contribution >= 0.6 is 0 Å². The predicted molar refractivity (Wildman–Crippen MR) is 104 cm³/mol. The van der Waals surface area contributed by atoms with E-state index in [2.05, 4.69) is 17.2 Å². The number of carbonyl (C=O) groups is 2. The van der Waals surface area contributed by atoms with Gasteiger partial charge in [-0.05, 0) is 48.9 Å². The molecule has 138 valence electrons. The van der Waals surface area contributed by atoms with Crippen molar-refractivity contribution in [3.8, 4) is 11.8 Å². The number of benzene rings is 2. The van der Waals surface area contributed by atoms with E-state index in [1.54, 1.807) is 37.3 Å². The van der Waals surface area contributed by atoms with E-state index >= 15 is 0 Å². The van der Waals surface area contributed by atoms with Crippen LogP contribution in [-0.2, 0) is 4.79 Å². The van der Waals surface area contributed by atoms with Gasteiger partial charge in [0.15, 0.2) is 0 Å². The third-order valence-corrected chi connectivity index (χ3v) is 3.73. The van der Waals surface area contributed by atoms with Gasteiger partial charge in [-0.3, -0.25) is 14.8 Å². The van der Waals surface area contributed by atoms with Gasteiger partial charge in [0.2, 0.25) is 0 Å². The summed E-state index contributed by atoms with van der Waals surface area (Å²) in [5, 5.41) is 11.2. The van der Waals surface area contributed by atoms with E-state index in [0.29, 0.717) is 5.56 Å². The Hall–Kier alpha value is -3.40. The first-order valence-corrected chi connectivity index (χ1v) is 8.35. The zero-order valence-corrected chi connectivity index (χ0v) is 14.8. The molecule has 6 nitrogen and oxygen atoms in total. The van der Waals surface area contributed by atoms with Crippen molar-refractivity contribution in [2.75, 3.05) is 0 Å². The summed E-state index contributed by atoms with van der Waals surface area (Å²) < 4.78 is 0. The van der Waals surface area contributed by atoms with Gasteiger partial charge >= 0.3 is 0 Å². The Kier molecular flexibility index (Phi) is 7.32. The maximum Gasteiger partial charge on any atom is 0.267 e. The molecule has 0 fully saturated rings. The Labute approximate surface area is 158 Å². The molecule has 0 bridgehead atoms. The number of hydroxylamine groups is 1. The highest BCUT2D eigenvalue weighted by Crippen LogP contribution is 2.05. The smallest absolute Gasteiger partial charge is 0.267 e. The highest BCUT2D eigenvalue weighted by Gasteiger charge is 2.24. The molecule has 5 N–H and O–H groups in total. The fourth-order valence-electron chi connectivity index (χ4n) is 2.26. The van der Waals surface area contributed by atoms with Crippen molar-refractivity contribution in [2.24, 2.45) is 5.73 Å². The van der Waals surface area contributed by atoms with Gasteiger partial charge < -0.3 is 11.1 Å². The summed E-state index contributed by atoms with van der Waals surface area (Å²) in [6.45, 7) is 1.56. The molecule has 2 amide bonds. The maximum absolute atomic E-state index is 12.2. The minimum Gasteiger partial charge on any atom is -0.339 e. The summed E-state index contributed by atoms with van der Waals surface area (Å²) in [7, 11) is 0. The molecule has 0 radical (unpaired) electrons. The average molecular weight is 363 g/mol. The standard InChI is InChI=1S/C21H21N3O3/c1-15(22)19(21(26)24-27)23-20(25)18-13-11-17(12-14-18)10-6-5-9-16-7-3-2-4-8-16/h2-5,7-9,11-15,19,27H,22H2,1H3,(H,23,25)(H,24,26)/b9-5+/t15-,19+/m1/s1. The number of hydrogen-bond acceptors (Lipinski definition) is 4. The van der Waals surface area contributed by atoms with Crippen molar-refractivity contribution in [1.29, 1.82) is 0 Å². The summed E-state index contributed by atoms with van der Waals surface area (Å²) in [5.74, 6) is 4.68. The van der Waals surface area contributed by atoms with Crippen molar-refractivity contribution in [3.05, 3.63) is 77.4 Å². The molecule has 2 atom stereocenters. The first-order valence-electron chi connectivity index (χ1n) is 8.35. The van der Waals surface area contributed by atoms with Crippen molar-refractivity contribution < 1.29 is 14.8 Å². The molecule has 0 heterocycles. The first-order chi connectivity index (χ1) is 13.0. The normalized spacial score (nSPS) is 12.6. The predicted octanol–water partition coefficient (Wildman–Crippen LogP) is 1.70. The molecule has 2 aromatic rings. The molecular weight excluding hydrogens is 342 g/mol. The molecule has 0 spiro atoms. The van der Waals surface area contributed by atoms with E-state index < -0.39 is 23.9 Å². The van der Waals surface area contributed by atoms with Crippen molar-refractivity contribution in [3.63, 3.8) is 0 Å². The van der Waals surface area contributed by atoms with E-state index in [4.69, 9.17) is 10.9 Å². The molecule has 0 saturated carbocycles. The second-order valence-corrected chi connectivity index (χ2v) is 5.88. The van der Waals surface area contributed by atoms with E-state index in [-0.39, 0.29) is 0 Å². The van der Waals surface area contributed by atoms with Gasteiger partial charge in [-0.2, -0.15) is 0 Å². The van der Waals surface area contributed by atoms with Gasteiger partial charge in [0, 0.05) is 17.2 Å². The Bertz CT molecular complexity index is 863. The topological polar surface area (TPSA) is 104 Å². The lowest BCUT2D eigenvalue weighted by atomic mass is 10.1. The third-order valence-electron chi connectivity index (χ3n) is 3.73. The van der Waals surface area contributed by atoms with E-state index in [0.717, 1.165) is 11.1 Å². The number of hydrogen-bond donors (Lipinski definition) is 4. The monoisotopic (exact) mass is 363 g/mol. The summed E-state index contributed by atoms with van der Waals surface area (Å²) in [5.41, 5.74) is 9.33. The van der Waals surface area contributed by atoms with E-state index in [1.807, 2.05) is 36.4 Å². The maximum atomic E-state index is 12.2. The number of amides is 2. The first kappa shape index (κ1) is 19.9. The van der Waals surface area contributed by atoms with Gasteiger partial charge in [-0.1, -0.05) is 42.2 Å². The minimum atomic E-state index is -1.04. The van der Waals surface area contributed by atoms with Crippen LogP contribution in [0, 0.1) is 11.8 Å². The molecule has 0 aromatic heterocycles. The third kappa shape index (κ3) is 6.12. The molecular formula is C21H21N3O3. The summed E-state index contributed by atoms with van der Waals surface area (Å²) in [6.07, 6.45) is 3.67. The van der Waals surface area contributed by atoms with E-state index in [1.165, 1.54) is 5.48 Å². The molecule has 0 aliphatic rings. The molecule has 0 aliphatic carbocycles. The van der Waals surface area contributed by atoms with Gasteiger partial charge in [0.05, 0.1) is 0 Å². The zero-order chi connectivity index (χ0) is 19.6. The fraction of sp³-hybridized carbons (Fsp3) is 0.143. The lowest BCUT2D eigenvalue weighted by molar-refractivity contribution is -0.131. The van der Waals surface area contributed by atoms with Crippen LogP contribution in [0.4, 0.5) is 0 Å². The lowest BCUT2D eigenvalue weighted by Gasteiger charge is -2.19. The highest BCUT2D eigenvalue weighted by atomic mass is 16.5. The van der Waals surface area contributed by atoms with Crippen LogP contribution in [0.5, 0.6) is 0 Å². The molecule has 0 saturated heterocycles. The molecule has 0 unspecified atom stereocenters. The largest absolute Gasteiger partial charge is 0.339 e. The lowest BCUT2D eigenvalue weighted by Crippen LogP contribution is -2.54. The Morgan fingerprint density at radius 1 is 1.11 bits per heavy atom. The molecule has 2 rings (SSSR count). The second kappa shape index (κ2) is 9.92. The number of allylic oxidation sites excluding steroid dienone is 1. The Morgan fingerprint density at radius 3 is 2.37 bits per heavy atom. The van der Waals surface area contributed by atoms with Crippen LogP contribution in [0.1, 0.15) is 28.4 Å². The van der Waals surface area contributed by atoms with Crippen molar-refractivity contribution >= 4 is 17.9 Å². The van der Waals surface area contributed by atoms with Crippen molar-refractivity contribution in [1.82, 2.24) is 10.8 Å². The summed E-state index contributed by atoms with van der Waals surface area (Å²) in [6, 6.07) is 14.8. The van der Waals surface area contributed by atoms with E-state index in [9.17, 15) is 9.59 Å². The van der Waals surface area contributed by atoms with Gasteiger partial charge in [0.25, 0.3) is 11.8 Å².